The SMILES string of the molecule is O=C1N=CC2=CC=NC2N1. The molecule has 1 N–H and O–H groups in total. The first kappa shape index (κ1) is 5.34. The summed E-state index contributed by atoms with van der Waals surface area (Å²) in [6, 6.07) is -0.318. The van der Waals surface area contributed by atoms with Crippen LogP contribution < -0.4 is 5.32 Å². The lowest BCUT2D eigenvalue weighted by Crippen LogP contribution is -2.35. The van der Waals surface area contributed by atoms with E-state index in [1.54, 1.807) is 6.21 Å². The molecule has 0 saturated heterocycles. The van der Waals surface area contributed by atoms with Crippen LogP contribution in [0.3, 0.4) is 0 Å². The van der Waals surface area contributed by atoms with Crippen molar-refractivity contribution in [3.05, 3.63) is 11.6 Å². The van der Waals surface area contributed by atoms with Gasteiger partial charge in [0.05, 0.1) is 0 Å². The van der Waals surface area contributed by atoms with Crippen LogP contribution in [0.1, 0.15) is 0 Å². The van der Waals surface area contributed by atoms with Crippen molar-refractivity contribution in [1.82, 2.24) is 5.32 Å². The predicted molar refractivity (Wildman–Crippen MR) is 37.4 cm³/mol. The summed E-state index contributed by atoms with van der Waals surface area (Å²) in [5.41, 5.74) is 0.944. The number of aliphatic imine (C=N–C) groups is 2. The second kappa shape index (κ2) is 1.76. The van der Waals surface area contributed by atoms with Crippen LogP contribution in [0.4, 0.5) is 4.79 Å². The predicted octanol–water partition coefficient (Wildman–Crippen LogP) is 0.117. The van der Waals surface area contributed by atoms with Gasteiger partial charge < -0.3 is 5.32 Å². The van der Waals surface area contributed by atoms with Gasteiger partial charge in [0, 0.05) is 18.0 Å². The Kier molecular flexibility index (Phi) is 0.943. The van der Waals surface area contributed by atoms with Gasteiger partial charge in [0.2, 0.25) is 0 Å². The molecule has 0 radical (unpaired) electrons. The highest BCUT2D eigenvalue weighted by Crippen LogP contribution is 2.09. The number of nitrogens with zero attached hydrogens (tertiary/aromatic N) is 2. The number of urea groups is 1. The van der Waals surface area contributed by atoms with Gasteiger partial charge in [0.25, 0.3) is 0 Å². The molecular formula is C6H5N3O. The summed E-state index contributed by atoms with van der Waals surface area (Å²) in [5.74, 6) is 0. The van der Waals surface area contributed by atoms with Gasteiger partial charge in [0.1, 0.15) is 6.17 Å². The first-order valence-electron chi connectivity index (χ1n) is 2.94. The maximum atomic E-state index is 10.6. The third-order valence-electron chi connectivity index (χ3n) is 1.41. The molecule has 50 valence electrons. The van der Waals surface area contributed by atoms with Gasteiger partial charge >= 0.3 is 6.03 Å². The molecule has 2 aliphatic heterocycles. The van der Waals surface area contributed by atoms with E-state index in [-0.39, 0.29) is 12.2 Å². The first-order valence-corrected chi connectivity index (χ1v) is 2.94. The van der Waals surface area contributed by atoms with Crippen molar-refractivity contribution in [2.75, 3.05) is 0 Å². The molecule has 0 bridgehead atoms. The number of carbonyl (C=O) groups excluding carboxylic acids is 1. The van der Waals surface area contributed by atoms with Crippen LogP contribution in [0.15, 0.2) is 21.6 Å². The number of hydrogen-bond acceptors (Lipinski definition) is 2. The number of carbonyl (C=O) groups is 1. The molecule has 0 aromatic carbocycles. The Bertz CT molecular complexity index is 264. The van der Waals surface area contributed by atoms with E-state index in [0.717, 1.165) is 5.57 Å². The Balaban J connectivity index is 2.35. The highest BCUT2D eigenvalue weighted by atomic mass is 16.2. The highest BCUT2D eigenvalue weighted by Gasteiger charge is 2.19. The second-order valence-corrected chi connectivity index (χ2v) is 2.08. The van der Waals surface area contributed by atoms with Gasteiger partial charge in [-0.15, -0.1) is 0 Å². The van der Waals surface area contributed by atoms with E-state index in [1.165, 1.54) is 6.21 Å². The van der Waals surface area contributed by atoms with Crippen LogP contribution in [0.5, 0.6) is 0 Å². The Morgan fingerprint density at radius 1 is 1.60 bits per heavy atom. The molecular weight excluding hydrogens is 130 g/mol. The molecule has 0 fully saturated rings. The minimum Gasteiger partial charge on any atom is -0.310 e. The molecule has 0 spiro atoms. The van der Waals surface area contributed by atoms with E-state index in [4.69, 9.17) is 0 Å². The summed E-state index contributed by atoms with van der Waals surface area (Å²) in [7, 11) is 0. The lowest BCUT2D eigenvalue weighted by Gasteiger charge is -2.13. The van der Waals surface area contributed by atoms with Crippen LogP contribution in [0.25, 0.3) is 0 Å². The molecule has 2 amide bonds. The fourth-order valence-electron chi connectivity index (χ4n) is 0.914. The Hall–Kier alpha value is -1.45. The van der Waals surface area contributed by atoms with E-state index >= 15 is 0 Å². The summed E-state index contributed by atoms with van der Waals surface area (Å²) >= 11 is 0. The van der Waals surface area contributed by atoms with E-state index in [1.807, 2.05) is 6.08 Å². The van der Waals surface area contributed by atoms with Crippen molar-refractivity contribution in [3.63, 3.8) is 0 Å². The van der Waals surface area contributed by atoms with Crippen molar-refractivity contribution in [2.45, 2.75) is 6.17 Å². The van der Waals surface area contributed by atoms with Crippen molar-refractivity contribution >= 4 is 18.5 Å². The van der Waals surface area contributed by atoms with Crippen LogP contribution in [0, 0.1) is 0 Å². The Labute approximate surface area is 57.4 Å². The van der Waals surface area contributed by atoms with Crippen LogP contribution in [-0.4, -0.2) is 24.6 Å². The van der Waals surface area contributed by atoms with Gasteiger partial charge in [-0.2, -0.15) is 0 Å². The third kappa shape index (κ3) is 0.655. The molecule has 10 heavy (non-hydrogen) atoms. The molecule has 4 nitrogen and oxygen atoms in total. The number of nitrogens with one attached hydrogen (secondary N) is 1. The van der Waals surface area contributed by atoms with Crippen LogP contribution >= 0.6 is 0 Å². The molecule has 2 aliphatic rings. The number of fused-ring (bicyclic) bond motifs is 1. The van der Waals surface area contributed by atoms with Crippen molar-refractivity contribution in [2.24, 2.45) is 9.98 Å². The third-order valence-corrected chi connectivity index (χ3v) is 1.41. The highest BCUT2D eigenvalue weighted by molar-refractivity contribution is 6.00. The monoisotopic (exact) mass is 135 g/mol. The van der Waals surface area contributed by atoms with E-state index in [9.17, 15) is 4.79 Å². The molecule has 2 heterocycles. The van der Waals surface area contributed by atoms with Crippen LogP contribution in [0.2, 0.25) is 0 Å². The zero-order valence-electron chi connectivity index (χ0n) is 5.11. The lowest BCUT2D eigenvalue weighted by molar-refractivity contribution is 0.247. The lowest BCUT2D eigenvalue weighted by atomic mass is 10.2. The molecule has 1 unspecified atom stereocenters. The molecule has 0 aromatic rings. The van der Waals surface area contributed by atoms with Gasteiger partial charge in [0.15, 0.2) is 0 Å². The average molecular weight is 135 g/mol. The second-order valence-electron chi connectivity index (χ2n) is 2.08. The van der Waals surface area contributed by atoms with Gasteiger partial charge in [-0.1, -0.05) is 0 Å². The van der Waals surface area contributed by atoms with Crippen molar-refractivity contribution in [3.8, 4) is 0 Å². The standard InChI is InChI=1S/C6H5N3O/c10-6-8-3-4-1-2-7-5(4)9-6/h1-3,5H,(H,9,10). The summed E-state index contributed by atoms with van der Waals surface area (Å²) in [5, 5.41) is 2.58. The minimum atomic E-state index is -0.318. The summed E-state index contributed by atoms with van der Waals surface area (Å²) in [6.45, 7) is 0. The van der Waals surface area contributed by atoms with Crippen molar-refractivity contribution < 1.29 is 4.79 Å². The van der Waals surface area contributed by atoms with Gasteiger partial charge in [-0.05, 0) is 6.08 Å². The summed E-state index contributed by atoms with van der Waals surface area (Å²) in [4.78, 5) is 18.1. The van der Waals surface area contributed by atoms with E-state index in [0.29, 0.717) is 0 Å². The number of hydrogen-bond donors (Lipinski definition) is 1. The van der Waals surface area contributed by atoms with E-state index in [2.05, 4.69) is 15.3 Å². The Morgan fingerprint density at radius 3 is 3.40 bits per heavy atom. The fourth-order valence-corrected chi connectivity index (χ4v) is 0.914. The smallest absolute Gasteiger partial charge is 0.310 e. The van der Waals surface area contributed by atoms with Gasteiger partial charge in [-0.25, -0.2) is 9.79 Å². The number of rotatable bonds is 0. The normalized spacial score (nSPS) is 27.8. The molecule has 0 aliphatic carbocycles. The Morgan fingerprint density at radius 2 is 2.50 bits per heavy atom. The minimum absolute atomic E-state index is 0.176. The molecule has 0 aromatic heterocycles. The van der Waals surface area contributed by atoms with Crippen molar-refractivity contribution in [1.29, 1.82) is 0 Å². The van der Waals surface area contributed by atoms with Gasteiger partial charge in [-0.3, -0.25) is 4.99 Å². The fraction of sp³-hybridized carbons (Fsp3) is 0.167. The zero-order valence-corrected chi connectivity index (χ0v) is 5.11. The maximum absolute atomic E-state index is 10.6. The largest absolute Gasteiger partial charge is 0.342 e. The topological polar surface area (TPSA) is 53.8 Å². The average Bonchev–Trinajstić information content (AvgIpc) is 2.33. The molecule has 0 saturated carbocycles. The van der Waals surface area contributed by atoms with E-state index < -0.39 is 0 Å². The quantitative estimate of drug-likeness (QED) is 0.503. The molecule has 1 atom stereocenters. The summed E-state index contributed by atoms with van der Waals surface area (Å²) < 4.78 is 0. The zero-order chi connectivity index (χ0) is 6.97. The first-order chi connectivity index (χ1) is 4.86. The van der Waals surface area contributed by atoms with Crippen LogP contribution in [-0.2, 0) is 0 Å². The number of amides is 2. The maximum Gasteiger partial charge on any atom is 0.342 e. The number of allylic oxidation sites excluding steroid dienone is 1. The molecule has 2 rings (SSSR count). The molecule has 4 heteroatoms. The summed E-state index contributed by atoms with van der Waals surface area (Å²) in [6.07, 6.45) is 4.85.